The monoisotopic (exact) mass is 272 g/mol. The summed E-state index contributed by atoms with van der Waals surface area (Å²) in [6.45, 7) is 0.958. The highest BCUT2D eigenvalue weighted by atomic mass is 16.2. The van der Waals surface area contributed by atoms with Gasteiger partial charge in [-0.15, -0.1) is 0 Å². The largest absolute Gasteiger partial charge is 0.338 e. The lowest BCUT2D eigenvalue weighted by Crippen LogP contribution is -2.29. The zero-order valence-electron chi connectivity index (χ0n) is 11.9. The fourth-order valence-corrected chi connectivity index (χ4v) is 2.08. The average Bonchev–Trinajstić information content (AvgIpc) is 2.84. The van der Waals surface area contributed by atoms with Crippen molar-refractivity contribution in [2.75, 3.05) is 7.05 Å². The van der Waals surface area contributed by atoms with E-state index in [1.165, 1.54) is 0 Å². The summed E-state index contributed by atoms with van der Waals surface area (Å²) in [5.41, 5.74) is 7.71. The smallest absolute Gasteiger partial charge is 0.227 e. The second kappa shape index (κ2) is 6.34. The van der Waals surface area contributed by atoms with Crippen LogP contribution in [0.2, 0.25) is 0 Å². The molecule has 1 aromatic heterocycles. The minimum Gasteiger partial charge on any atom is -0.338 e. The summed E-state index contributed by atoms with van der Waals surface area (Å²) in [5.74, 6) is 0.932. The summed E-state index contributed by atoms with van der Waals surface area (Å²) >= 11 is 0. The second-order valence-corrected chi connectivity index (χ2v) is 4.85. The first kappa shape index (κ1) is 14.3. The van der Waals surface area contributed by atoms with E-state index < -0.39 is 0 Å². The fourth-order valence-electron chi connectivity index (χ4n) is 2.08. The van der Waals surface area contributed by atoms with E-state index in [1.54, 1.807) is 18.1 Å². The van der Waals surface area contributed by atoms with Crippen LogP contribution in [0.1, 0.15) is 17.0 Å². The molecule has 0 spiro atoms. The number of carbonyl (C=O) groups is 1. The second-order valence-electron chi connectivity index (χ2n) is 4.85. The molecule has 0 fully saturated rings. The molecule has 0 atom stereocenters. The predicted octanol–water partition coefficient (Wildman–Crippen LogP) is 1.08. The molecular weight excluding hydrogens is 252 g/mol. The minimum atomic E-state index is 0.0638. The number of nitrogens with two attached hydrogens (primary N) is 1. The van der Waals surface area contributed by atoms with Gasteiger partial charge in [0.25, 0.3) is 0 Å². The van der Waals surface area contributed by atoms with Crippen LogP contribution in [0, 0.1) is 0 Å². The third kappa shape index (κ3) is 3.24. The lowest BCUT2D eigenvalue weighted by atomic mass is 10.0. The summed E-state index contributed by atoms with van der Waals surface area (Å²) in [6.07, 6.45) is 3.98. The van der Waals surface area contributed by atoms with Crippen LogP contribution in [0.5, 0.6) is 0 Å². The van der Waals surface area contributed by atoms with Crippen molar-refractivity contribution in [2.24, 2.45) is 12.8 Å². The zero-order chi connectivity index (χ0) is 14.5. The number of aromatic nitrogens is 2. The molecule has 1 heterocycles. The van der Waals surface area contributed by atoms with Crippen LogP contribution in [0.25, 0.3) is 0 Å². The highest BCUT2D eigenvalue weighted by Crippen LogP contribution is 2.10. The molecule has 2 rings (SSSR count). The van der Waals surface area contributed by atoms with Crippen LogP contribution in [0.3, 0.4) is 0 Å². The Morgan fingerprint density at radius 3 is 2.65 bits per heavy atom. The molecule has 2 aromatic rings. The number of carbonyl (C=O) groups excluding carboxylic acids is 1. The SMILES string of the molecule is CN(Cc1nccn1C)C(=O)Cc1ccccc1CN. The van der Waals surface area contributed by atoms with Crippen LogP contribution in [-0.2, 0) is 31.4 Å². The molecule has 106 valence electrons. The number of imidazole rings is 1. The van der Waals surface area contributed by atoms with Crippen LogP contribution >= 0.6 is 0 Å². The van der Waals surface area contributed by atoms with Gasteiger partial charge in [0.1, 0.15) is 5.82 Å². The Morgan fingerprint density at radius 1 is 1.35 bits per heavy atom. The van der Waals surface area contributed by atoms with Crippen molar-refractivity contribution >= 4 is 5.91 Å². The zero-order valence-corrected chi connectivity index (χ0v) is 11.9. The maximum absolute atomic E-state index is 12.3. The van der Waals surface area contributed by atoms with Gasteiger partial charge in [-0.2, -0.15) is 0 Å². The van der Waals surface area contributed by atoms with Crippen molar-refractivity contribution in [2.45, 2.75) is 19.5 Å². The molecule has 2 N–H and O–H groups in total. The van der Waals surface area contributed by atoms with Gasteiger partial charge < -0.3 is 15.2 Å². The molecule has 0 aliphatic rings. The Kier molecular flexibility index (Phi) is 4.53. The third-order valence-electron chi connectivity index (χ3n) is 3.41. The average molecular weight is 272 g/mol. The van der Waals surface area contributed by atoms with E-state index in [0.29, 0.717) is 19.5 Å². The summed E-state index contributed by atoms with van der Waals surface area (Å²) in [5, 5.41) is 0. The molecule has 20 heavy (non-hydrogen) atoms. The maximum Gasteiger partial charge on any atom is 0.227 e. The Morgan fingerprint density at radius 2 is 2.05 bits per heavy atom. The summed E-state index contributed by atoms with van der Waals surface area (Å²) < 4.78 is 1.91. The van der Waals surface area contributed by atoms with Gasteiger partial charge in [0.05, 0.1) is 13.0 Å². The first-order chi connectivity index (χ1) is 9.61. The summed E-state index contributed by atoms with van der Waals surface area (Å²) in [4.78, 5) is 18.2. The molecule has 0 unspecified atom stereocenters. The van der Waals surface area contributed by atoms with Crippen LogP contribution in [0.15, 0.2) is 36.7 Å². The van der Waals surface area contributed by atoms with Gasteiger partial charge in [0.15, 0.2) is 0 Å². The molecule has 0 saturated carbocycles. The predicted molar refractivity (Wildman–Crippen MR) is 77.7 cm³/mol. The van der Waals surface area contributed by atoms with Crippen molar-refractivity contribution in [3.63, 3.8) is 0 Å². The molecular formula is C15H20N4O. The number of rotatable bonds is 5. The highest BCUT2D eigenvalue weighted by molar-refractivity contribution is 5.78. The molecule has 0 bridgehead atoms. The standard InChI is InChI=1S/C15H20N4O/c1-18-8-7-17-14(18)11-19(2)15(20)9-12-5-3-4-6-13(12)10-16/h3-8H,9-11,16H2,1-2H3. The van der Waals surface area contributed by atoms with Crippen molar-refractivity contribution in [3.8, 4) is 0 Å². The highest BCUT2D eigenvalue weighted by Gasteiger charge is 2.13. The van der Waals surface area contributed by atoms with Gasteiger partial charge in [-0.3, -0.25) is 4.79 Å². The minimum absolute atomic E-state index is 0.0638. The van der Waals surface area contributed by atoms with E-state index >= 15 is 0 Å². The topological polar surface area (TPSA) is 64.2 Å². The Hall–Kier alpha value is -2.14. The molecule has 5 nitrogen and oxygen atoms in total. The van der Waals surface area contributed by atoms with Crippen molar-refractivity contribution in [3.05, 3.63) is 53.6 Å². The maximum atomic E-state index is 12.3. The normalized spacial score (nSPS) is 10.6. The molecule has 0 aliphatic heterocycles. The van der Waals surface area contributed by atoms with Gasteiger partial charge in [-0.1, -0.05) is 24.3 Å². The van der Waals surface area contributed by atoms with Gasteiger partial charge >= 0.3 is 0 Å². The van der Waals surface area contributed by atoms with E-state index in [4.69, 9.17) is 5.73 Å². The van der Waals surface area contributed by atoms with Crippen LogP contribution in [0.4, 0.5) is 0 Å². The molecule has 1 aromatic carbocycles. The van der Waals surface area contributed by atoms with Gasteiger partial charge in [0.2, 0.25) is 5.91 Å². The van der Waals surface area contributed by atoms with Gasteiger partial charge in [0, 0.05) is 33.0 Å². The number of amides is 1. The van der Waals surface area contributed by atoms with Crippen molar-refractivity contribution in [1.82, 2.24) is 14.5 Å². The molecule has 5 heteroatoms. The molecule has 0 aliphatic carbocycles. The number of nitrogens with zero attached hydrogens (tertiary/aromatic N) is 3. The van der Waals surface area contributed by atoms with E-state index in [9.17, 15) is 4.79 Å². The van der Waals surface area contributed by atoms with Crippen molar-refractivity contribution in [1.29, 1.82) is 0 Å². The van der Waals surface area contributed by atoms with E-state index in [0.717, 1.165) is 17.0 Å². The van der Waals surface area contributed by atoms with Crippen LogP contribution < -0.4 is 5.73 Å². The van der Waals surface area contributed by atoms with Crippen LogP contribution in [-0.4, -0.2) is 27.4 Å². The quantitative estimate of drug-likeness (QED) is 0.886. The Labute approximate surface area is 119 Å². The lowest BCUT2D eigenvalue weighted by Gasteiger charge is -2.17. The van der Waals surface area contributed by atoms with E-state index in [1.807, 2.05) is 42.1 Å². The number of aryl methyl sites for hydroxylation is 1. The number of benzene rings is 1. The van der Waals surface area contributed by atoms with Crippen molar-refractivity contribution < 1.29 is 4.79 Å². The number of hydrogen-bond acceptors (Lipinski definition) is 3. The Balaban J connectivity index is 2.02. The number of likely N-dealkylation sites (N-methyl/N-ethyl adjacent to an activating group) is 1. The first-order valence-electron chi connectivity index (χ1n) is 6.59. The summed E-state index contributed by atoms with van der Waals surface area (Å²) in [6, 6.07) is 7.78. The van der Waals surface area contributed by atoms with E-state index in [-0.39, 0.29) is 5.91 Å². The number of hydrogen-bond donors (Lipinski definition) is 1. The lowest BCUT2D eigenvalue weighted by molar-refractivity contribution is -0.129. The summed E-state index contributed by atoms with van der Waals surface area (Å²) in [7, 11) is 3.71. The third-order valence-corrected chi connectivity index (χ3v) is 3.41. The fraction of sp³-hybridized carbons (Fsp3) is 0.333. The first-order valence-corrected chi connectivity index (χ1v) is 6.59. The Bertz CT molecular complexity index is 591. The van der Waals surface area contributed by atoms with E-state index in [2.05, 4.69) is 4.98 Å². The molecule has 0 radical (unpaired) electrons. The van der Waals surface area contributed by atoms with Gasteiger partial charge in [-0.25, -0.2) is 4.98 Å². The molecule has 0 saturated heterocycles. The van der Waals surface area contributed by atoms with Gasteiger partial charge in [-0.05, 0) is 11.1 Å². The molecule has 1 amide bonds.